The van der Waals surface area contributed by atoms with Crippen LogP contribution in [0.25, 0.3) is 0 Å². The standard InChI is InChI=1S/C26H30F3N3O3S/c1-15(2)17-7-9-18(10-8-17)22-21(24(34)35-16(3)4)23(26(27,28)29)30-25-32(22)19(14-36-25)13-20(33)31-11-5-6-12-31/h7-10,14-16,22H,5-6,11-13H2,1-4H3/t22-/m1/s1. The highest BCUT2D eigenvalue weighted by Gasteiger charge is 2.49. The van der Waals surface area contributed by atoms with Crippen molar-refractivity contribution in [3.8, 4) is 0 Å². The third-order valence-corrected chi connectivity index (χ3v) is 7.24. The molecule has 10 heteroatoms. The summed E-state index contributed by atoms with van der Waals surface area (Å²) in [5, 5.41) is 1.75. The van der Waals surface area contributed by atoms with Gasteiger partial charge in [-0.25, -0.2) is 9.79 Å². The molecular formula is C26H30F3N3O3S. The highest BCUT2D eigenvalue weighted by molar-refractivity contribution is 8.16. The molecule has 0 N–H and O–H groups in total. The molecule has 0 spiro atoms. The molecule has 0 aliphatic carbocycles. The fourth-order valence-electron chi connectivity index (χ4n) is 4.57. The van der Waals surface area contributed by atoms with E-state index in [1.807, 2.05) is 26.0 Å². The molecule has 1 aromatic rings. The number of benzene rings is 1. The average Bonchev–Trinajstić information content (AvgIpc) is 3.47. The van der Waals surface area contributed by atoms with Gasteiger partial charge in [0.05, 0.1) is 24.1 Å². The molecule has 36 heavy (non-hydrogen) atoms. The molecule has 0 saturated carbocycles. The van der Waals surface area contributed by atoms with E-state index >= 15 is 0 Å². The Kier molecular flexibility index (Phi) is 7.54. The largest absolute Gasteiger partial charge is 0.459 e. The third-order valence-electron chi connectivity index (χ3n) is 6.35. The van der Waals surface area contributed by atoms with Gasteiger partial charge < -0.3 is 14.5 Å². The second-order valence-electron chi connectivity index (χ2n) is 9.69. The summed E-state index contributed by atoms with van der Waals surface area (Å²) in [6.45, 7) is 8.56. The van der Waals surface area contributed by atoms with Crippen LogP contribution in [0.1, 0.15) is 70.0 Å². The molecule has 3 aliphatic rings. The second kappa shape index (κ2) is 10.3. The van der Waals surface area contributed by atoms with Crippen LogP contribution in [0, 0.1) is 0 Å². The van der Waals surface area contributed by atoms with E-state index in [1.54, 1.807) is 41.2 Å². The summed E-state index contributed by atoms with van der Waals surface area (Å²) < 4.78 is 48.0. The number of halogens is 3. The summed E-state index contributed by atoms with van der Waals surface area (Å²) in [6.07, 6.45) is -3.60. The Morgan fingerprint density at radius 3 is 2.31 bits per heavy atom. The van der Waals surface area contributed by atoms with E-state index < -0.39 is 35.6 Å². The Labute approximate surface area is 213 Å². The second-order valence-corrected chi connectivity index (χ2v) is 10.5. The zero-order valence-electron chi connectivity index (χ0n) is 20.8. The summed E-state index contributed by atoms with van der Waals surface area (Å²) >= 11 is 1.03. The summed E-state index contributed by atoms with van der Waals surface area (Å²) in [5.74, 6) is -0.934. The molecule has 194 valence electrons. The van der Waals surface area contributed by atoms with Crippen molar-refractivity contribution >= 4 is 28.8 Å². The monoisotopic (exact) mass is 521 g/mol. The molecule has 4 rings (SSSR count). The number of carbonyl (C=O) groups excluding carboxylic acids is 2. The number of esters is 1. The van der Waals surface area contributed by atoms with Crippen molar-refractivity contribution in [3.63, 3.8) is 0 Å². The summed E-state index contributed by atoms with van der Waals surface area (Å²) in [6, 6.07) is 6.05. The first-order valence-corrected chi connectivity index (χ1v) is 13.0. The average molecular weight is 522 g/mol. The molecule has 1 saturated heterocycles. The highest BCUT2D eigenvalue weighted by Crippen LogP contribution is 2.48. The quantitative estimate of drug-likeness (QED) is 0.437. The van der Waals surface area contributed by atoms with Crippen molar-refractivity contribution in [2.75, 3.05) is 13.1 Å². The molecule has 1 fully saturated rings. The van der Waals surface area contributed by atoms with E-state index in [1.165, 1.54) is 0 Å². The van der Waals surface area contributed by atoms with Crippen LogP contribution in [0.15, 0.2) is 51.6 Å². The fraction of sp³-hybridized carbons (Fsp3) is 0.500. The summed E-state index contributed by atoms with van der Waals surface area (Å²) in [7, 11) is 0. The molecular weight excluding hydrogens is 491 g/mol. The Bertz CT molecular complexity index is 1120. The molecule has 3 aliphatic heterocycles. The van der Waals surface area contributed by atoms with E-state index in [4.69, 9.17) is 4.74 Å². The number of rotatable bonds is 6. The minimum Gasteiger partial charge on any atom is -0.459 e. The zero-order chi connectivity index (χ0) is 26.2. The molecule has 6 nitrogen and oxygen atoms in total. The number of aliphatic imine (C=N–C) groups is 1. The lowest BCUT2D eigenvalue weighted by molar-refractivity contribution is -0.144. The van der Waals surface area contributed by atoms with Gasteiger partial charge in [-0.3, -0.25) is 4.79 Å². The van der Waals surface area contributed by atoms with Gasteiger partial charge in [0.15, 0.2) is 10.9 Å². The lowest BCUT2D eigenvalue weighted by Gasteiger charge is -2.37. The fourth-order valence-corrected chi connectivity index (χ4v) is 5.49. The maximum Gasteiger partial charge on any atom is 0.434 e. The SMILES string of the molecule is CC(C)OC(=O)C1=C(C(F)(F)F)N=C2SC=C(CC(=O)N3CCCC3)N2[C@@H]1c1ccc(C(C)C)cc1. The molecule has 1 atom stereocenters. The van der Waals surface area contributed by atoms with Crippen molar-refractivity contribution in [2.45, 2.75) is 71.2 Å². The maximum absolute atomic E-state index is 14.2. The summed E-state index contributed by atoms with van der Waals surface area (Å²) in [5.41, 5.74) is 0.200. The normalized spacial score (nSPS) is 20.2. The molecule has 0 bridgehead atoms. The minimum absolute atomic E-state index is 0.0143. The van der Waals surface area contributed by atoms with Crippen LogP contribution < -0.4 is 0 Å². The van der Waals surface area contributed by atoms with E-state index in [0.29, 0.717) is 24.4 Å². The predicted molar refractivity (Wildman–Crippen MR) is 133 cm³/mol. The molecule has 0 radical (unpaired) electrons. The molecule has 3 heterocycles. The predicted octanol–water partition coefficient (Wildman–Crippen LogP) is 5.89. The number of amides is 1. The van der Waals surface area contributed by atoms with Gasteiger partial charge in [-0.2, -0.15) is 13.2 Å². The number of hydrogen-bond acceptors (Lipinski definition) is 6. The number of fused-ring (bicyclic) bond motifs is 1. The smallest absolute Gasteiger partial charge is 0.434 e. The Hall–Kier alpha value is -2.75. The Morgan fingerprint density at radius 2 is 1.75 bits per heavy atom. The van der Waals surface area contributed by atoms with Crippen LogP contribution in [0.4, 0.5) is 13.2 Å². The number of allylic oxidation sites excluding steroid dienone is 1. The van der Waals surface area contributed by atoms with Crippen LogP contribution in [-0.2, 0) is 14.3 Å². The first-order chi connectivity index (χ1) is 17.0. The third kappa shape index (κ3) is 5.33. The lowest BCUT2D eigenvalue weighted by atomic mass is 9.91. The maximum atomic E-state index is 14.2. The molecule has 1 amide bonds. The first-order valence-electron chi connectivity index (χ1n) is 12.1. The number of carbonyl (C=O) groups is 2. The number of alkyl halides is 3. The van der Waals surface area contributed by atoms with Crippen LogP contribution in [-0.4, -0.2) is 52.2 Å². The van der Waals surface area contributed by atoms with E-state index in [9.17, 15) is 22.8 Å². The molecule has 1 aromatic carbocycles. The van der Waals surface area contributed by atoms with Crippen molar-refractivity contribution in [3.05, 3.63) is 57.8 Å². The number of ether oxygens (including phenoxy) is 1. The lowest BCUT2D eigenvalue weighted by Crippen LogP contribution is -2.40. The summed E-state index contributed by atoms with van der Waals surface area (Å²) in [4.78, 5) is 33.4. The Balaban J connectivity index is 1.82. The van der Waals surface area contributed by atoms with Gasteiger partial charge in [0.2, 0.25) is 5.91 Å². The number of likely N-dealkylation sites (tertiary alicyclic amines) is 1. The number of nitrogens with zero attached hydrogens (tertiary/aromatic N) is 3. The molecule has 0 aromatic heterocycles. The van der Waals surface area contributed by atoms with E-state index in [0.717, 1.165) is 30.2 Å². The number of amidine groups is 1. The van der Waals surface area contributed by atoms with Gasteiger partial charge in [0, 0.05) is 18.8 Å². The zero-order valence-corrected chi connectivity index (χ0v) is 21.6. The minimum atomic E-state index is -4.87. The number of hydrogen-bond donors (Lipinski definition) is 0. The van der Waals surface area contributed by atoms with E-state index in [2.05, 4.69) is 4.99 Å². The Morgan fingerprint density at radius 1 is 1.11 bits per heavy atom. The topological polar surface area (TPSA) is 62.2 Å². The van der Waals surface area contributed by atoms with Crippen LogP contribution in [0.5, 0.6) is 0 Å². The van der Waals surface area contributed by atoms with Gasteiger partial charge >= 0.3 is 12.1 Å². The number of thioether (sulfide) groups is 1. The van der Waals surface area contributed by atoms with Gasteiger partial charge in [-0.1, -0.05) is 49.9 Å². The van der Waals surface area contributed by atoms with E-state index in [-0.39, 0.29) is 23.4 Å². The van der Waals surface area contributed by atoms with Gasteiger partial charge in [-0.15, -0.1) is 0 Å². The van der Waals surface area contributed by atoms with Crippen molar-refractivity contribution in [2.24, 2.45) is 4.99 Å². The first kappa shape index (κ1) is 26.3. The van der Waals surface area contributed by atoms with Crippen molar-refractivity contribution in [1.29, 1.82) is 0 Å². The van der Waals surface area contributed by atoms with Gasteiger partial charge in [0.1, 0.15) is 0 Å². The molecule has 0 unspecified atom stereocenters. The van der Waals surface area contributed by atoms with Crippen LogP contribution in [0.2, 0.25) is 0 Å². The highest BCUT2D eigenvalue weighted by atomic mass is 32.2. The van der Waals surface area contributed by atoms with Crippen molar-refractivity contribution < 1.29 is 27.5 Å². The van der Waals surface area contributed by atoms with Gasteiger partial charge in [0.25, 0.3) is 0 Å². The van der Waals surface area contributed by atoms with Gasteiger partial charge in [-0.05, 0) is 49.1 Å². The van der Waals surface area contributed by atoms with Crippen LogP contribution in [0.3, 0.4) is 0 Å². The van der Waals surface area contributed by atoms with Crippen LogP contribution >= 0.6 is 11.8 Å². The van der Waals surface area contributed by atoms with Crippen molar-refractivity contribution in [1.82, 2.24) is 9.80 Å².